The summed E-state index contributed by atoms with van der Waals surface area (Å²) in [6.45, 7) is 4.35. The number of ether oxygens (including phenoxy) is 2. The number of aliphatic imine (C=N–C) groups is 1. The number of nitrogens with zero attached hydrogens (tertiary/aromatic N) is 2. The number of amides is 1. The van der Waals surface area contributed by atoms with Gasteiger partial charge in [0.25, 0.3) is 0 Å². The largest absolute Gasteiger partial charge is 0.493 e. The van der Waals surface area contributed by atoms with E-state index in [2.05, 4.69) is 28.6 Å². The highest BCUT2D eigenvalue weighted by atomic mass is 127. The molecule has 1 fully saturated rings. The lowest BCUT2D eigenvalue weighted by Crippen LogP contribution is -2.43. The van der Waals surface area contributed by atoms with Crippen LogP contribution in [-0.4, -0.2) is 63.3 Å². The fourth-order valence-electron chi connectivity index (χ4n) is 4.43. The highest BCUT2D eigenvalue weighted by molar-refractivity contribution is 14.0. The Kier molecular flexibility index (Phi) is 11.6. The predicted octanol–water partition coefficient (Wildman–Crippen LogP) is 3.74. The fourth-order valence-corrected chi connectivity index (χ4v) is 4.43. The molecule has 1 aliphatic carbocycles. The second kappa shape index (κ2) is 13.9. The summed E-state index contributed by atoms with van der Waals surface area (Å²) in [6.07, 6.45) is 7.22. The summed E-state index contributed by atoms with van der Waals surface area (Å²) in [5.41, 5.74) is 1.13. The van der Waals surface area contributed by atoms with Crippen molar-refractivity contribution in [2.24, 2.45) is 10.9 Å². The topological polar surface area (TPSA) is 75.2 Å². The average Bonchev–Trinajstić information content (AvgIpc) is 3.31. The first-order chi connectivity index (χ1) is 15.1. The Morgan fingerprint density at radius 1 is 1.25 bits per heavy atom. The van der Waals surface area contributed by atoms with Gasteiger partial charge in [-0.25, -0.2) is 4.99 Å². The molecule has 7 nitrogen and oxygen atoms in total. The van der Waals surface area contributed by atoms with Gasteiger partial charge in [0, 0.05) is 39.2 Å². The molecule has 0 aromatic heterocycles. The van der Waals surface area contributed by atoms with Crippen LogP contribution >= 0.6 is 24.0 Å². The van der Waals surface area contributed by atoms with Crippen LogP contribution in [0.25, 0.3) is 0 Å². The van der Waals surface area contributed by atoms with E-state index >= 15 is 0 Å². The number of guanidine groups is 1. The summed E-state index contributed by atoms with van der Waals surface area (Å²) in [5.74, 6) is 2.21. The third-order valence-corrected chi connectivity index (χ3v) is 6.17. The highest BCUT2D eigenvalue weighted by Gasteiger charge is 2.26. The lowest BCUT2D eigenvalue weighted by Gasteiger charge is -2.29. The first-order valence-corrected chi connectivity index (χ1v) is 11.7. The van der Waals surface area contributed by atoms with Gasteiger partial charge in [-0.05, 0) is 38.2 Å². The van der Waals surface area contributed by atoms with E-state index in [1.807, 2.05) is 18.2 Å². The van der Waals surface area contributed by atoms with Crippen molar-refractivity contribution < 1.29 is 14.3 Å². The molecule has 3 rings (SSSR count). The minimum atomic E-state index is -0.0216. The van der Waals surface area contributed by atoms with Gasteiger partial charge in [0.05, 0.1) is 18.8 Å². The van der Waals surface area contributed by atoms with Gasteiger partial charge in [0.2, 0.25) is 5.91 Å². The molecule has 0 spiro atoms. The summed E-state index contributed by atoms with van der Waals surface area (Å²) in [7, 11) is 3.50. The van der Waals surface area contributed by atoms with Crippen LogP contribution in [0, 0.1) is 5.92 Å². The number of benzene rings is 1. The van der Waals surface area contributed by atoms with Gasteiger partial charge in [0.1, 0.15) is 12.3 Å². The van der Waals surface area contributed by atoms with Crippen molar-refractivity contribution in [3.8, 4) is 5.75 Å². The van der Waals surface area contributed by atoms with E-state index in [4.69, 9.17) is 9.47 Å². The van der Waals surface area contributed by atoms with Crippen LogP contribution in [-0.2, 0) is 9.53 Å². The van der Waals surface area contributed by atoms with Crippen LogP contribution in [0.5, 0.6) is 5.75 Å². The van der Waals surface area contributed by atoms with Gasteiger partial charge in [-0.1, -0.05) is 31.0 Å². The number of carbonyl (C=O) groups is 1. The Balaban J connectivity index is 0.00000363. The van der Waals surface area contributed by atoms with E-state index in [9.17, 15) is 4.79 Å². The maximum absolute atomic E-state index is 12.1. The van der Waals surface area contributed by atoms with Crippen LogP contribution in [0.4, 0.5) is 0 Å². The first kappa shape index (κ1) is 26.7. The highest BCUT2D eigenvalue weighted by Crippen LogP contribution is 2.32. The van der Waals surface area contributed by atoms with Crippen molar-refractivity contribution in [2.45, 2.75) is 57.6 Å². The maximum Gasteiger partial charge on any atom is 0.243 e. The molecule has 1 heterocycles. The zero-order valence-corrected chi connectivity index (χ0v) is 22.0. The Morgan fingerprint density at radius 2 is 2.00 bits per heavy atom. The monoisotopic (exact) mass is 558 g/mol. The summed E-state index contributed by atoms with van der Waals surface area (Å²) < 4.78 is 11.8. The zero-order valence-electron chi connectivity index (χ0n) is 19.6. The normalized spacial score (nSPS) is 19.3. The van der Waals surface area contributed by atoms with E-state index in [1.165, 1.54) is 25.7 Å². The molecule has 1 aromatic rings. The molecule has 1 saturated carbocycles. The van der Waals surface area contributed by atoms with Crippen molar-refractivity contribution in [3.05, 3.63) is 29.8 Å². The summed E-state index contributed by atoms with van der Waals surface area (Å²) >= 11 is 0. The molecule has 2 unspecified atom stereocenters. The molecule has 0 saturated heterocycles. The summed E-state index contributed by atoms with van der Waals surface area (Å²) in [5, 5.41) is 6.98. The molecular formula is C24H39IN4O3. The Labute approximate surface area is 209 Å². The third-order valence-electron chi connectivity index (χ3n) is 6.17. The number of hydrogen-bond donors (Lipinski definition) is 2. The van der Waals surface area contributed by atoms with Crippen molar-refractivity contribution in [2.75, 3.05) is 40.4 Å². The van der Waals surface area contributed by atoms with Gasteiger partial charge >= 0.3 is 0 Å². The van der Waals surface area contributed by atoms with Crippen molar-refractivity contribution >= 4 is 35.8 Å². The summed E-state index contributed by atoms with van der Waals surface area (Å²) in [6, 6.07) is 8.19. The molecule has 0 radical (unpaired) electrons. The number of likely N-dealkylation sites (N-methyl/N-ethyl adjacent to an activating group) is 1. The van der Waals surface area contributed by atoms with Crippen LogP contribution < -0.4 is 15.4 Å². The number of carbonyl (C=O) groups excluding carboxylic acids is 1. The van der Waals surface area contributed by atoms with E-state index in [0.29, 0.717) is 18.5 Å². The van der Waals surface area contributed by atoms with Gasteiger partial charge in [-0.2, -0.15) is 0 Å². The van der Waals surface area contributed by atoms with Crippen LogP contribution in [0.2, 0.25) is 0 Å². The predicted molar refractivity (Wildman–Crippen MR) is 139 cm³/mol. The average molecular weight is 559 g/mol. The standard InChI is InChI=1S/C24H38N4O3.HI/c1-4-30-21(18-9-5-6-10-18)13-15-25-24(26-17-23(29)28(2)3)27-20-14-16-31-22-12-8-7-11-19(20)22;/h7-8,11-12,18,20-21H,4-6,9-10,13-17H2,1-3H3,(H2,25,26,27);1H. The number of para-hydroxylation sites is 1. The minimum Gasteiger partial charge on any atom is -0.493 e. The van der Waals surface area contributed by atoms with Gasteiger partial charge < -0.3 is 25.0 Å². The van der Waals surface area contributed by atoms with Gasteiger partial charge in [-0.15, -0.1) is 24.0 Å². The minimum absolute atomic E-state index is 0. The Bertz CT molecular complexity index is 738. The molecule has 8 heteroatoms. The SMILES string of the molecule is CCOC(CCNC(=NCC(=O)N(C)C)NC1CCOc2ccccc21)C1CCCC1.I. The molecule has 1 amide bonds. The third kappa shape index (κ3) is 7.79. The molecule has 32 heavy (non-hydrogen) atoms. The Morgan fingerprint density at radius 3 is 2.72 bits per heavy atom. The molecule has 1 aliphatic heterocycles. The van der Waals surface area contributed by atoms with Crippen LogP contribution in [0.3, 0.4) is 0 Å². The van der Waals surface area contributed by atoms with Gasteiger partial charge in [0.15, 0.2) is 5.96 Å². The molecule has 180 valence electrons. The van der Waals surface area contributed by atoms with E-state index in [1.54, 1.807) is 19.0 Å². The molecule has 2 atom stereocenters. The number of rotatable bonds is 9. The van der Waals surface area contributed by atoms with Crippen LogP contribution in [0.15, 0.2) is 29.3 Å². The van der Waals surface area contributed by atoms with Crippen molar-refractivity contribution in [1.82, 2.24) is 15.5 Å². The maximum atomic E-state index is 12.1. The second-order valence-electron chi connectivity index (χ2n) is 8.58. The van der Waals surface area contributed by atoms with E-state index < -0.39 is 0 Å². The lowest BCUT2D eigenvalue weighted by atomic mass is 9.98. The number of hydrogen-bond acceptors (Lipinski definition) is 4. The van der Waals surface area contributed by atoms with Crippen molar-refractivity contribution in [1.29, 1.82) is 0 Å². The van der Waals surface area contributed by atoms with Crippen LogP contribution in [0.1, 0.15) is 57.1 Å². The molecular weight excluding hydrogens is 519 g/mol. The van der Waals surface area contributed by atoms with E-state index in [0.717, 1.165) is 37.3 Å². The lowest BCUT2D eigenvalue weighted by molar-refractivity contribution is -0.127. The fraction of sp³-hybridized carbons (Fsp3) is 0.667. The second-order valence-corrected chi connectivity index (χ2v) is 8.58. The number of halogens is 1. The van der Waals surface area contributed by atoms with E-state index in [-0.39, 0.29) is 48.6 Å². The number of nitrogens with one attached hydrogen (secondary N) is 2. The smallest absolute Gasteiger partial charge is 0.243 e. The number of fused-ring (bicyclic) bond motifs is 1. The molecule has 2 N–H and O–H groups in total. The van der Waals surface area contributed by atoms with Crippen molar-refractivity contribution in [3.63, 3.8) is 0 Å². The zero-order chi connectivity index (χ0) is 22.1. The molecule has 1 aromatic carbocycles. The first-order valence-electron chi connectivity index (χ1n) is 11.7. The molecule has 0 bridgehead atoms. The van der Waals surface area contributed by atoms with Gasteiger partial charge in [-0.3, -0.25) is 4.79 Å². The Hall–Kier alpha value is -1.55. The molecule has 2 aliphatic rings. The quantitative estimate of drug-likeness (QED) is 0.275. The summed E-state index contributed by atoms with van der Waals surface area (Å²) in [4.78, 5) is 18.2.